The van der Waals surface area contributed by atoms with Crippen LogP contribution in [0.15, 0.2) is 39.5 Å². The van der Waals surface area contributed by atoms with E-state index in [4.69, 9.17) is 32.8 Å². The SMILES string of the molecule is O=c1c(O[C@@H]2O[C@H](CO)[C@@H](O[C@H]3O[C@@H](CO)[C@@H](O)[C@H]3O[C@@H]3OC[C@H](O)[C@H](O)[C@@H]3O)[C@H](O)[C@H]2O)c(-c2ccc(O)c(O)c2)oc2cc(O)cc(O)c12. The van der Waals surface area contributed by atoms with Crippen LogP contribution in [0.1, 0.15) is 0 Å². The molecule has 3 saturated heterocycles. The summed E-state index contributed by atoms with van der Waals surface area (Å²) in [6.45, 7) is -2.13. The number of aliphatic hydroxyl groups excluding tert-OH is 8. The number of phenols is 4. The fraction of sp³-hybridized carbons (Fsp3) is 0.516. The zero-order chi connectivity index (χ0) is 36.9. The van der Waals surface area contributed by atoms with Crippen molar-refractivity contribution in [3.05, 3.63) is 40.6 Å². The second-order valence-electron chi connectivity index (χ2n) is 12.1. The molecule has 3 aliphatic rings. The van der Waals surface area contributed by atoms with Crippen molar-refractivity contribution in [3.63, 3.8) is 0 Å². The van der Waals surface area contributed by atoms with Crippen LogP contribution >= 0.6 is 0 Å². The summed E-state index contributed by atoms with van der Waals surface area (Å²) >= 11 is 0. The van der Waals surface area contributed by atoms with Crippen molar-refractivity contribution in [3.8, 4) is 40.1 Å². The van der Waals surface area contributed by atoms with Gasteiger partial charge in [-0.15, -0.1) is 0 Å². The van der Waals surface area contributed by atoms with Gasteiger partial charge in [0.2, 0.25) is 17.5 Å². The molecule has 0 spiro atoms. The van der Waals surface area contributed by atoms with E-state index < -0.39 is 145 Å². The second-order valence-corrected chi connectivity index (χ2v) is 12.1. The van der Waals surface area contributed by atoms with Crippen LogP contribution in [0.4, 0.5) is 0 Å². The summed E-state index contributed by atoms with van der Waals surface area (Å²) < 4.78 is 39.3. The number of phenolic OH excluding ortho intramolecular Hbond substituents is 4. The van der Waals surface area contributed by atoms with Crippen LogP contribution in [-0.4, -0.2) is 161 Å². The first kappa shape index (κ1) is 36.9. The summed E-state index contributed by atoms with van der Waals surface area (Å²) in [7, 11) is 0. The third-order valence-corrected chi connectivity index (χ3v) is 8.72. The Kier molecular flexibility index (Phi) is 10.6. The maximum absolute atomic E-state index is 13.7. The minimum atomic E-state index is -2.08. The molecular weight excluding hydrogens is 692 g/mol. The molecule has 3 aromatic rings. The Hall–Kier alpha value is -3.87. The van der Waals surface area contributed by atoms with E-state index in [1.165, 1.54) is 6.07 Å². The van der Waals surface area contributed by atoms with Crippen LogP contribution in [0.3, 0.4) is 0 Å². The Labute approximate surface area is 285 Å². The number of aromatic hydroxyl groups is 4. The molecule has 0 radical (unpaired) electrons. The van der Waals surface area contributed by atoms with Gasteiger partial charge in [0.1, 0.15) is 83.5 Å². The van der Waals surface area contributed by atoms with E-state index in [-0.39, 0.29) is 11.1 Å². The maximum atomic E-state index is 13.7. The van der Waals surface area contributed by atoms with Gasteiger partial charge < -0.3 is 94.1 Å². The molecule has 1 aromatic heterocycles. The van der Waals surface area contributed by atoms with E-state index >= 15 is 0 Å². The van der Waals surface area contributed by atoms with Gasteiger partial charge in [-0.25, -0.2) is 0 Å². The number of hydrogen-bond acceptors (Lipinski definition) is 20. The van der Waals surface area contributed by atoms with Crippen molar-refractivity contribution in [2.45, 2.75) is 79.9 Å². The lowest BCUT2D eigenvalue weighted by atomic mass is 9.98. The van der Waals surface area contributed by atoms with Crippen LogP contribution < -0.4 is 10.2 Å². The topological polar surface area (TPSA) is 328 Å². The Morgan fingerprint density at radius 1 is 0.686 bits per heavy atom. The summed E-state index contributed by atoms with van der Waals surface area (Å²) in [6, 6.07) is 5.13. The summed E-state index contributed by atoms with van der Waals surface area (Å²) in [5, 5.41) is 123. The number of fused-ring (bicyclic) bond motifs is 1. The van der Waals surface area contributed by atoms with Gasteiger partial charge in [-0.05, 0) is 18.2 Å². The van der Waals surface area contributed by atoms with Crippen LogP contribution in [0.2, 0.25) is 0 Å². The number of rotatable bonds is 9. The maximum Gasteiger partial charge on any atom is 0.239 e. The first-order valence-electron chi connectivity index (χ1n) is 15.5. The van der Waals surface area contributed by atoms with Crippen LogP contribution in [0.5, 0.6) is 28.7 Å². The Morgan fingerprint density at radius 2 is 1.35 bits per heavy atom. The molecular formula is C31H36O20. The van der Waals surface area contributed by atoms with E-state index in [1.807, 2.05) is 0 Å². The predicted octanol–water partition coefficient (Wildman–Crippen LogP) is -3.61. The van der Waals surface area contributed by atoms with Crippen molar-refractivity contribution in [2.24, 2.45) is 0 Å². The van der Waals surface area contributed by atoms with Gasteiger partial charge in [0.15, 0.2) is 29.8 Å². The van der Waals surface area contributed by atoms with E-state index in [9.17, 15) is 66.1 Å². The van der Waals surface area contributed by atoms with E-state index in [0.29, 0.717) is 0 Å². The molecule has 0 aliphatic carbocycles. The Morgan fingerprint density at radius 3 is 2.04 bits per heavy atom. The first-order chi connectivity index (χ1) is 24.2. The highest BCUT2D eigenvalue weighted by molar-refractivity contribution is 5.88. The zero-order valence-corrected chi connectivity index (χ0v) is 26.1. The number of ether oxygens (including phenoxy) is 6. The molecule has 4 heterocycles. The summed E-state index contributed by atoms with van der Waals surface area (Å²) in [5.74, 6) is -3.53. The molecule has 6 rings (SSSR count). The summed E-state index contributed by atoms with van der Waals surface area (Å²) in [5.41, 5.74) is -1.45. The molecule has 0 unspecified atom stereocenters. The van der Waals surface area contributed by atoms with Gasteiger partial charge in [0.25, 0.3) is 0 Å². The molecule has 20 nitrogen and oxygen atoms in total. The van der Waals surface area contributed by atoms with Crippen LogP contribution in [0.25, 0.3) is 22.3 Å². The highest BCUT2D eigenvalue weighted by Gasteiger charge is 2.53. The third kappa shape index (κ3) is 6.90. The van der Waals surface area contributed by atoms with E-state index in [0.717, 1.165) is 24.3 Å². The molecule has 12 N–H and O–H groups in total. The number of aliphatic hydroxyl groups is 8. The lowest BCUT2D eigenvalue weighted by Gasteiger charge is -2.43. The molecule has 13 atom stereocenters. The number of benzene rings is 2. The third-order valence-electron chi connectivity index (χ3n) is 8.72. The smallest absolute Gasteiger partial charge is 0.239 e. The Balaban J connectivity index is 1.28. The fourth-order valence-electron chi connectivity index (χ4n) is 5.98. The lowest BCUT2D eigenvalue weighted by Crippen LogP contribution is -2.62. The quantitative estimate of drug-likeness (QED) is 0.0946. The molecule has 0 amide bonds. The standard InChI is InChI=1S/C31H36O20/c32-6-16-20(40)28(51-29-23(43)19(39)14(38)8-45-29)31(47-16)49-26-17(7-33)48-30(24(44)22(26)42)50-27-21(41)18-13(37)4-10(34)5-15(18)46-25(27)9-1-2-11(35)12(36)3-9/h1-5,14,16-17,19-20,22-24,26,28-40,42-44H,6-8H2/t14-,16-,17+,19-,20+,22+,23-,24+,26+,28+,29-,30-,31+/m0/s1. The lowest BCUT2D eigenvalue weighted by molar-refractivity contribution is -0.333. The largest absolute Gasteiger partial charge is 0.508 e. The average Bonchev–Trinajstić information content (AvgIpc) is 3.39. The van der Waals surface area contributed by atoms with Gasteiger partial charge in [0.05, 0.1) is 19.8 Å². The van der Waals surface area contributed by atoms with Gasteiger partial charge >= 0.3 is 0 Å². The van der Waals surface area contributed by atoms with Gasteiger partial charge in [0, 0.05) is 17.7 Å². The first-order valence-corrected chi connectivity index (χ1v) is 15.5. The van der Waals surface area contributed by atoms with Gasteiger partial charge in [-0.3, -0.25) is 4.79 Å². The van der Waals surface area contributed by atoms with Crippen LogP contribution in [0, 0.1) is 0 Å². The van der Waals surface area contributed by atoms with Crippen LogP contribution in [-0.2, 0) is 23.7 Å². The van der Waals surface area contributed by atoms with Gasteiger partial charge in [-0.2, -0.15) is 0 Å². The molecule has 20 heteroatoms. The fourth-order valence-corrected chi connectivity index (χ4v) is 5.98. The molecule has 280 valence electrons. The normalized spacial score (nSPS) is 35.6. The van der Waals surface area contributed by atoms with E-state index in [2.05, 4.69) is 0 Å². The van der Waals surface area contributed by atoms with Gasteiger partial charge in [-0.1, -0.05) is 0 Å². The number of hydrogen-bond donors (Lipinski definition) is 12. The Bertz CT molecular complexity index is 1760. The summed E-state index contributed by atoms with van der Waals surface area (Å²) in [4.78, 5) is 13.7. The predicted molar refractivity (Wildman–Crippen MR) is 162 cm³/mol. The molecule has 3 fully saturated rings. The molecule has 2 aromatic carbocycles. The van der Waals surface area contributed by atoms with Crippen molar-refractivity contribution >= 4 is 11.0 Å². The second kappa shape index (κ2) is 14.6. The molecule has 51 heavy (non-hydrogen) atoms. The van der Waals surface area contributed by atoms with Crippen molar-refractivity contribution in [1.82, 2.24) is 0 Å². The summed E-state index contributed by atoms with van der Waals surface area (Å²) in [6.07, 6.45) is -22.1. The molecule has 0 saturated carbocycles. The molecule has 0 bridgehead atoms. The monoisotopic (exact) mass is 728 g/mol. The van der Waals surface area contributed by atoms with Crippen molar-refractivity contribution < 1.29 is 94.1 Å². The highest BCUT2D eigenvalue weighted by atomic mass is 16.8. The minimum Gasteiger partial charge on any atom is -0.508 e. The highest BCUT2D eigenvalue weighted by Crippen LogP contribution is 2.40. The van der Waals surface area contributed by atoms with Crippen molar-refractivity contribution in [1.29, 1.82) is 0 Å². The minimum absolute atomic E-state index is 0.0663. The van der Waals surface area contributed by atoms with Crippen molar-refractivity contribution in [2.75, 3.05) is 19.8 Å². The van der Waals surface area contributed by atoms with E-state index in [1.54, 1.807) is 0 Å². The average molecular weight is 729 g/mol. The zero-order valence-electron chi connectivity index (χ0n) is 26.1. The molecule has 3 aliphatic heterocycles.